The first-order valence-electron chi connectivity index (χ1n) is 12.6. The predicted molar refractivity (Wildman–Crippen MR) is 150 cm³/mol. The second-order valence-electron chi connectivity index (χ2n) is 9.32. The molecule has 1 fully saturated rings. The number of imidazole rings is 1. The van der Waals surface area contributed by atoms with E-state index in [1.807, 2.05) is 18.2 Å². The first-order chi connectivity index (χ1) is 19.4. The van der Waals surface area contributed by atoms with Crippen molar-refractivity contribution in [2.75, 3.05) is 31.1 Å². The monoisotopic (exact) mass is 577 g/mol. The number of nitrogens with zero attached hydrogens (tertiary/aromatic N) is 5. The van der Waals surface area contributed by atoms with Gasteiger partial charge in [-0.2, -0.15) is 12.4 Å². The summed E-state index contributed by atoms with van der Waals surface area (Å²) in [5.41, 5.74) is 0.956. The van der Waals surface area contributed by atoms with E-state index >= 15 is 0 Å². The zero-order valence-electron chi connectivity index (χ0n) is 21.1. The zero-order valence-corrected chi connectivity index (χ0v) is 22.7. The van der Waals surface area contributed by atoms with Gasteiger partial charge in [-0.1, -0.05) is 41.9 Å². The molecule has 40 heavy (non-hydrogen) atoms. The molecule has 1 amide bonds. The third-order valence-corrected chi connectivity index (χ3v) is 8.82. The number of piperazine rings is 1. The van der Waals surface area contributed by atoms with E-state index in [0.29, 0.717) is 40.7 Å². The lowest BCUT2D eigenvalue weighted by molar-refractivity contribution is -0.133. The molecule has 5 aromatic rings. The molecule has 1 unspecified atom stereocenters. The maximum absolute atomic E-state index is 14.2. The van der Waals surface area contributed by atoms with Crippen LogP contribution in [0.2, 0.25) is 5.02 Å². The van der Waals surface area contributed by atoms with E-state index in [1.54, 1.807) is 41.6 Å². The molecule has 1 aliphatic rings. The molecule has 0 saturated carbocycles. The van der Waals surface area contributed by atoms with E-state index in [1.165, 1.54) is 41.2 Å². The van der Waals surface area contributed by atoms with Crippen LogP contribution in [0.5, 0.6) is 0 Å². The molecule has 12 heteroatoms. The second kappa shape index (κ2) is 10.3. The maximum Gasteiger partial charge on any atom is 0.344 e. The summed E-state index contributed by atoms with van der Waals surface area (Å²) in [6.07, 6.45) is 4.67. The fourth-order valence-electron chi connectivity index (χ4n) is 5.10. The Bertz CT molecular complexity index is 1830. The summed E-state index contributed by atoms with van der Waals surface area (Å²) in [5, 5.41) is -0.0996. The molecule has 4 heterocycles. The minimum atomic E-state index is -4.41. The number of rotatable bonds is 6. The number of furan rings is 1. The van der Waals surface area contributed by atoms with Gasteiger partial charge < -0.3 is 14.2 Å². The van der Waals surface area contributed by atoms with Gasteiger partial charge in [-0.15, -0.1) is 0 Å². The number of fused-ring (bicyclic) bond motifs is 1. The molecular weight excluding hydrogens is 554 g/mol. The van der Waals surface area contributed by atoms with Crippen molar-refractivity contribution in [2.24, 2.45) is 0 Å². The third kappa shape index (κ3) is 4.46. The normalized spacial score (nSPS) is 14.9. The Kier molecular flexibility index (Phi) is 6.68. The van der Waals surface area contributed by atoms with Gasteiger partial charge in [0.2, 0.25) is 5.09 Å². The fourth-order valence-corrected chi connectivity index (χ4v) is 6.58. The fraction of sp³-hybridized carbons (Fsp3) is 0.179. The number of carbonyl (C=O) groups excluding carboxylic acids is 1. The Morgan fingerprint density at radius 1 is 0.900 bits per heavy atom. The topological polar surface area (TPSA) is 111 Å². The van der Waals surface area contributed by atoms with Gasteiger partial charge in [-0.3, -0.25) is 14.3 Å². The van der Waals surface area contributed by atoms with E-state index in [9.17, 15) is 18.0 Å². The van der Waals surface area contributed by atoms with E-state index in [4.69, 9.17) is 16.0 Å². The van der Waals surface area contributed by atoms with Crippen molar-refractivity contribution in [1.29, 1.82) is 0 Å². The predicted octanol–water partition coefficient (Wildman–Crippen LogP) is 3.62. The minimum absolute atomic E-state index is 0.0852. The molecule has 1 saturated heterocycles. The molecule has 10 nitrogen and oxygen atoms in total. The largest absolute Gasteiger partial charge is 0.451 e. The number of aromatic nitrogens is 3. The van der Waals surface area contributed by atoms with Gasteiger partial charge in [0.1, 0.15) is 6.04 Å². The smallest absolute Gasteiger partial charge is 0.344 e. The van der Waals surface area contributed by atoms with Crippen molar-refractivity contribution in [3.8, 4) is 0 Å². The lowest BCUT2D eigenvalue weighted by atomic mass is 10.0. The Balaban J connectivity index is 1.47. The highest BCUT2D eigenvalue weighted by Crippen LogP contribution is 2.29. The van der Waals surface area contributed by atoms with Crippen LogP contribution in [0, 0.1) is 0 Å². The summed E-state index contributed by atoms with van der Waals surface area (Å²) >= 11 is 6.32. The van der Waals surface area contributed by atoms with E-state index in [2.05, 4.69) is 9.88 Å². The standard InChI is InChI=1S/C28H24ClN5O5S/c29-21-8-9-23-24(19-21)33(28(36)34(23)40(37,38)25-7-4-18-39-25)26(20-5-2-1-3-6-20)27(35)32-16-14-31(15-17-32)22-10-12-30-13-11-22/h1-13,18-19,26H,14-17H2. The summed E-state index contributed by atoms with van der Waals surface area (Å²) < 4.78 is 34.1. The Morgan fingerprint density at radius 3 is 2.30 bits per heavy atom. The van der Waals surface area contributed by atoms with Gasteiger partial charge in [0, 0.05) is 49.3 Å². The first-order valence-corrected chi connectivity index (χ1v) is 14.4. The summed E-state index contributed by atoms with van der Waals surface area (Å²) in [6, 6.07) is 18.7. The van der Waals surface area contributed by atoms with Gasteiger partial charge in [0.05, 0.1) is 17.3 Å². The average molecular weight is 578 g/mol. The Labute approximate surface area is 234 Å². The number of carbonyl (C=O) groups is 1. The number of amides is 1. The lowest BCUT2D eigenvalue weighted by Crippen LogP contribution is -2.51. The summed E-state index contributed by atoms with van der Waals surface area (Å²) in [4.78, 5) is 36.2. The first kappa shape index (κ1) is 25.9. The number of benzene rings is 2. The molecule has 3 aromatic heterocycles. The van der Waals surface area contributed by atoms with Crippen LogP contribution in [0.25, 0.3) is 11.0 Å². The molecule has 1 atom stereocenters. The van der Waals surface area contributed by atoms with Crippen LogP contribution < -0.4 is 10.6 Å². The molecule has 204 valence electrons. The van der Waals surface area contributed by atoms with Crippen LogP contribution in [0.15, 0.2) is 106 Å². The molecular formula is C28H24ClN5O5S. The number of pyridine rings is 1. The van der Waals surface area contributed by atoms with Gasteiger partial charge in [-0.05, 0) is 48.0 Å². The van der Waals surface area contributed by atoms with E-state index in [-0.39, 0.29) is 16.9 Å². The second-order valence-corrected chi connectivity index (χ2v) is 11.5. The van der Waals surface area contributed by atoms with Crippen molar-refractivity contribution in [2.45, 2.75) is 11.1 Å². The maximum atomic E-state index is 14.2. The van der Waals surface area contributed by atoms with Crippen LogP contribution in [-0.2, 0) is 14.8 Å². The van der Waals surface area contributed by atoms with Crippen molar-refractivity contribution in [3.05, 3.63) is 113 Å². The van der Waals surface area contributed by atoms with Gasteiger partial charge in [0.25, 0.3) is 5.91 Å². The number of anilines is 1. The Hall–Kier alpha value is -4.35. The summed E-state index contributed by atoms with van der Waals surface area (Å²) in [7, 11) is -4.41. The van der Waals surface area contributed by atoms with Crippen molar-refractivity contribution in [3.63, 3.8) is 0 Å². The molecule has 0 spiro atoms. The quantitative estimate of drug-likeness (QED) is 0.303. The highest BCUT2D eigenvalue weighted by Gasteiger charge is 2.36. The van der Waals surface area contributed by atoms with Gasteiger partial charge in [-0.25, -0.2) is 4.79 Å². The number of halogens is 1. The molecule has 1 aliphatic heterocycles. The molecule has 6 rings (SSSR count). The van der Waals surface area contributed by atoms with Gasteiger partial charge in [0.15, 0.2) is 0 Å². The number of hydrogen-bond donors (Lipinski definition) is 0. The molecule has 0 aliphatic carbocycles. The highest BCUT2D eigenvalue weighted by molar-refractivity contribution is 7.90. The minimum Gasteiger partial charge on any atom is -0.451 e. The summed E-state index contributed by atoms with van der Waals surface area (Å²) in [6.45, 7) is 2.02. The van der Waals surface area contributed by atoms with E-state index < -0.39 is 26.8 Å². The van der Waals surface area contributed by atoms with Crippen LogP contribution in [-0.4, -0.2) is 58.9 Å². The summed E-state index contributed by atoms with van der Waals surface area (Å²) in [5.74, 6) is -0.322. The molecule has 0 radical (unpaired) electrons. The molecule has 0 bridgehead atoms. The SMILES string of the molecule is O=C(C(c1ccccc1)n1c(=O)n(S(=O)(=O)c2ccco2)c2ccc(Cl)cc21)N1CCN(c2ccncc2)CC1. The van der Waals surface area contributed by atoms with Crippen LogP contribution in [0.3, 0.4) is 0 Å². The third-order valence-electron chi connectivity index (χ3n) is 7.01. The Morgan fingerprint density at radius 2 is 1.62 bits per heavy atom. The average Bonchev–Trinajstić information content (AvgIpc) is 3.62. The van der Waals surface area contributed by atoms with Crippen molar-refractivity contribution in [1.82, 2.24) is 18.4 Å². The van der Waals surface area contributed by atoms with Crippen LogP contribution in [0.1, 0.15) is 11.6 Å². The number of hydrogen-bond acceptors (Lipinski definition) is 7. The van der Waals surface area contributed by atoms with Gasteiger partial charge >= 0.3 is 15.7 Å². The lowest BCUT2D eigenvalue weighted by Gasteiger charge is -2.37. The van der Waals surface area contributed by atoms with E-state index in [0.717, 1.165) is 5.69 Å². The van der Waals surface area contributed by atoms with Crippen LogP contribution >= 0.6 is 11.6 Å². The highest BCUT2D eigenvalue weighted by atomic mass is 35.5. The van der Waals surface area contributed by atoms with Crippen molar-refractivity contribution >= 4 is 44.3 Å². The van der Waals surface area contributed by atoms with Crippen LogP contribution in [0.4, 0.5) is 5.69 Å². The molecule has 2 aromatic carbocycles. The zero-order chi connectivity index (χ0) is 27.9. The molecule has 0 N–H and O–H groups in total. The van der Waals surface area contributed by atoms with Crippen molar-refractivity contribution < 1.29 is 17.6 Å².